The van der Waals surface area contributed by atoms with Gasteiger partial charge in [0.25, 0.3) is 0 Å². The van der Waals surface area contributed by atoms with Gasteiger partial charge in [0.2, 0.25) is 5.91 Å². The first-order valence-corrected chi connectivity index (χ1v) is 7.26. The van der Waals surface area contributed by atoms with E-state index in [4.69, 9.17) is 0 Å². The lowest BCUT2D eigenvalue weighted by Gasteiger charge is -2.20. The molecule has 1 aliphatic heterocycles. The standard InChI is InChI=1S/C15H23N3O/c1-2-9-16-14-8-7-13(11-17-14)12-18-10-5-3-4-6-15(18)19/h7-8,11H,2-6,9-10,12H2,1H3,(H,16,17). The van der Waals surface area contributed by atoms with E-state index in [0.717, 1.165) is 43.7 Å². The number of carbonyl (C=O) groups is 1. The molecule has 0 bridgehead atoms. The molecule has 0 aromatic carbocycles. The molecule has 1 saturated heterocycles. The highest BCUT2D eigenvalue weighted by molar-refractivity contribution is 5.76. The molecule has 1 fully saturated rings. The van der Waals surface area contributed by atoms with Gasteiger partial charge in [-0.3, -0.25) is 4.79 Å². The summed E-state index contributed by atoms with van der Waals surface area (Å²) in [6, 6.07) is 4.05. The van der Waals surface area contributed by atoms with Crippen LogP contribution in [0.1, 0.15) is 44.6 Å². The molecular weight excluding hydrogens is 238 g/mol. The van der Waals surface area contributed by atoms with Gasteiger partial charge in [-0.1, -0.05) is 19.4 Å². The predicted octanol–water partition coefficient (Wildman–Crippen LogP) is 2.81. The van der Waals surface area contributed by atoms with Crippen LogP contribution in [0.25, 0.3) is 0 Å². The number of hydrogen-bond acceptors (Lipinski definition) is 3. The summed E-state index contributed by atoms with van der Waals surface area (Å²) < 4.78 is 0. The highest BCUT2D eigenvalue weighted by Crippen LogP contribution is 2.15. The van der Waals surface area contributed by atoms with E-state index in [1.165, 1.54) is 6.42 Å². The Labute approximate surface area is 115 Å². The number of rotatable bonds is 5. The Morgan fingerprint density at radius 2 is 2.21 bits per heavy atom. The molecule has 0 spiro atoms. The first-order chi connectivity index (χ1) is 9.29. The molecule has 19 heavy (non-hydrogen) atoms. The highest BCUT2D eigenvalue weighted by Gasteiger charge is 2.16. The fourth-order valence-electron chi connectivity index (χ4n) is 2.30. The van der Waals surface area contributed by atoms with Crippen LogP contribution in [-0.2, 0) is 11.3 Å². The average Bonchev–Trinajstić information content (AvgIpc) is 2.63. The number of amides is 1. The molecule has 0 unspecified atom stereocenters. The topological polar surface area (TPSA) is 45.2 Å². The first kappa shape index (κ1) is 13.8. The molecule has 104 valence electrons. The van der Waals surface area contributed by atoms with Crippen molar-refractivity contribution in [3.63, 3.8) is 0 Å². The summed E-state index contributed by atoms with van der Waals surface area (Å²) in [6.45, 7) is 4.65. The van der Waals surface area contributed by atoms with Crippen molar-refractivity contribution in [3.05, 3.63) is 23.9 Å². The van der Waals surface area contributed by atoms with Gasteiger partial charge in [-0.05, 0) is 30.9 Å². The minimum absolute atomic E-state index is 0.283. The van der Waals surface area contributed by atoms with Crippen molar-refractivity contribution in [2.24, 2.45) is 0 Å². The quantitative estimate of drug-likeness (QED) is 0.886. The maximum atomic E-state index is 11.9. The Balaban J connectivity index is 1.92. The van der Waals surface area contributed by atoms with E-state index in [-0.39, 0.29) is 5.91 Å². The lowest BCUT2D eigenvalue weighted by atomic mass is 10.2. The first-order valence-electron chi connectivity index (χ1n) is 7.26. The molecule has 0 atom stereocenters. The molecule has 2 rings (SSSR count). The van der Waals surface area contributed by atoms with Gasteiger partial charge in [-0.2, -0.15) is 0 Å². The van der Waals surface area contributed by atoms with E-state index in [1.54, 1.807) is 0 Å². The molecule has 0 aliphatic carbocycles. The Hall–Kier alpha value is -1.58. The summed E-state index contributed by atoms with van der Waals surface area (Å²) in [4.78, 5) is 18.3. The fraction of sp³-hybridized carbons (Fsp3) is 0.600. The highest BCUT2D eigenvalue weighted by atomic mass is 16.2. The van der Waals surface area contributed by atoms with Crippen molar-refractivity contribution >= 4 is 11.7 Å². The Kier molecular flexibility index (Phi) is 5.19. The van der Waals surface area contributed by atoms with Crippen LogP contribution in [0, 0.1) is 0 Å². The summed E-state index contributed by atoms with van der Waals surface area (Å²) in [6.07, 6.45) is 6.98. The van der Waals surface area contributed by atoms with Crippen molar-refractivity contribution in [1.82, 2.24) is 9.88 Å². The largest absolute Gasteiger partial charge is 0.370 e. The van der Waals surface area contributed by atoms with E-state index in [1.807, 2.05) is 17.2 Å². The SMILES string of the molecule is CCCNc1ccc(CN2CCCCCC2=O)cn1. The van der Waals surface area contributed by atoms with Gasteiger partial charge in [-0.15, -0.1) is 0 Å². The molecule has 1 amide bonds. The monoisotopic (exact) mass is 261 g/mol. The van der Waals surface area contributed by atoms with E-state index in [2.05, 4.69) is 23.3 Å². The molecule has 1 aliphatic rings. The minimum atomic E-state index is 0.283. The number of anilines is 1. The summed E-state index contributed by atoms with van der Waals surface area (Å²) in [5.41, 5.74) is 1.11. The molecule has 1 aromatic rings. The van der Waals surface area contributed by atoms with Crippen molar-refractivity contribution in [2.45, 2.75) is 45.6 Å². The van der Waals surface area contributed by atoms with Crippen molar-refractivity contribution in [1.29, 1.82) is 0 Å². The average molecular weight is 261 g/mol. The van der Waals surface area contributed by atoms with Gasteiger partial charge >= 0.3 is 0 Å². The number of pyridine rings is 1. The number of hydrogen-bond donors (Lipinski definition) is 1. The molecule has 0 saturated carbocycles. The van der Waals surface area contributed by atoms with Gasteiger partial charge in [0.1, 0.15) is 5.82 Å². The zero-order valence-corrected chi connectivity index (χ0v) is 11.7. The lowest BCUT2D eigenvalue weighted by Crippen LogP contribution is -2.29. The van der Waals surface area contributed by atoms with Crippen molar-refractivity contribution < 1.29 is 4.79 Å². The number of aromatic nitrogens is 1. The Morgan fingerprint density at radius 1 is 1.32 bits per heavy atom. The van der Waals surface area contributed by atoms with Crippen LogP contribution in [0.3, 0.4) is 0 Å². The number of carbonyl (C=O) groups excluding carboxylic acids is 1. The van der Waals surface area contributed by atoms with Gasteiger partial charge in [-0.25, -0.2) is 4.98 Å². The van der Waals surface area contributed by atoms with Crippen LogP contribution in [0.15, 0.2) is 18.3 Å². The second-order valence-electron chi connectivity index (χ2n) is 5.10. The number of nitrogens with one attached hydrogen (secondary N) is 1. The predicted molar refractivity (Wildman–Crippen MR) is 76.9 cm³/mol. The Bertz CT molecular complexity index is 402. The smallest absolute Gasteiger partial charge is 0.222 e. The van der Waals surface area contributed by atoms with E-state index in [0.29, 0.717) is 13.0 Å². The zero-order chi connectivity index (χ0) is 13.5. The molecule has 1 N–H and O–H groups in total. The third kappa shape index (κ3) is 4.23. The maximum absolute atomic E-state index is 11.9. The third-order valence-corrected chi connectivity index (χ3v) is 3.43. The second-order valence-corrected chi connectivity index (χ2v) is 5.10. The minimum Gasteiger partial charge on any atom is -0.370 e. The van der Waals surface area contributed by atoms with E-state index < -0.39 is 0 Å². The van der Waals surface area contributed by atoms with Crippen molar-refractivity contribution in [3.8, 4) is 0 Å². The van der Waals surface area contributed by atoms with Crippen LogP contribution in [0.2, 0.25) is 0 Å². The fourth-order valence-corrected chi connectivity index (χ4v) is 2.30. The molecule has 0 radical (unpaired) electrons. The lowest BCUT2D eigenvalue weighted by molar-refractivity contribution is -0.131. The van der Waals surface area contributed by atoms with E-state index in [9.17, 15) is 4.79 Å². The van der Waals surface area contributed by atoms with Crippen molar-refractivity contribution in [2.75, 3.05) is 18.4 Å². The molecular formula is C15H23N3O. The van der Waals surface area contributed by atoms with Gasteiger partial charge in [0.15, 0.2) is 0 Å². The molecule has 4 nitrogen and oxygen atoms in total. The van der Waals surface area contributed by atoms with Crippen LogP contribution in [0.4, 0.5) is 5.82 Å². The second kappa shape index (κ2) is 7.12. The van der Waals surface area contributed by atoms with Crippen LogP contribution in [-0.4, -0.2) is 28.9 Å². The number of nitrogens with zero attached hydrogens (tertiary/aromatic N) is 2. The van der Waals surface area contributed by atoms with Crippen LogP contribution >= 0.6 is 0 Å². The molecule has 1 aromatic heterocycles. The summed E-state index contributed by atoms with van der Waals surface area (Å²) in [7, 11) is 0. The van der Waals surface area contributed by atoms with Crippen LogP contribution in [0.5, 0.6) is 0 Å². The van der Waals surface area contributed by atoms with E-state index >= 15 is 0 Å². The molecule has 2 heterocycles. The molecule has 4 heteroatoms. The third-order valence-electron chi connectivity index (χ3n) is 3.43. The zero-order valence-electron chi connectivity index (χ0n) is 11.7. The summed E-state index contributed by atoms with van der Waals surface area (Å²) in [5.74, 6) is 1.19. The van der Waals surface area contributed by atoms with Gasteiger partial charge in [0, 0.05) is 32.3 Å². The Morgan fingerprint density at radius 3 is 2.95 bits per heavy atom. The summed E-state index contributed by atoms with van der Waals surface area (Å²) >= 11 is 0. The maximum Gasteiger partial charge on any atom is 0.222 e. The normalized spacial score (nSPS) is 16.3. The van der Waals surface area contributed by atoms with Gasteiger partial charge in [0.05, 0.1) is 0 Å². The summed E-state index contributed by atoms with van der Waals surface area (Å²) in [5, 5.41) is 3.25. The van der Waals surface area contributed by atoms with Gasteiger partial charge < -0.3 is 10.2 Å². The number of likely N-dealkylation sites (tertiary alicyclic amines) is 1. The van der Waals surface area contributed by atoms with Crippen LogP contribution < -0.4 is 5.32 Å².